The van der Waals surface area contributed by atoms with Gasteiger partial charge in [-0.25, -0.2) is 0 Å². The van der Waals surface area contributed by atoms with Crippen LogP contribution in [0, 0.1) is 0 Å². The molecular formula is C13H21NO3S. The maximum atomic E-state index is 9.80. The number of aromatic hydroxyl groups is 1. The first-order chi connectivity index (χ1) is 8.62. The molecule has 1 unspecified atom stereocenters. The minimum Gasteiger partial charge on any atom is -0.502 e. The van der Waals surface area contributed by atoms with Gasteiger partial charge in [0.2, 0.25) is 5.75 Å². The number of phenols is 1. The lowest BCUT2D eigenvalue weighted by Gasteiger charge is -2.15. The molecule has 0 amide bonds. The molecule has 102 valence electrons. The molecule has 0 aliphatic carbocycles. The third-order valence-corrected chi connectivity index (χ3v) is 3.44. The monoisotopic (exact) mass is 271 g/mol. The van der Waals surface area contributed by atoms with E-state index in [0.717, 1.165) is 11.3 Å². The highest BCUT2D eigenvalue weighted by molar-refractivity contribution is 7.98. The molecule has 0 aromatic heterocycles. The summed E-state index contributed by atoms with van der Waals surface area (Å²) in [6.07, 6.45) is 2.09. The summed E-state index contributed by atoms with van der Waals surface area (Å²) in [5.41, 5.74) is 1.02. The van der Waals surface area contributed by atoms with Crippen LogP contribution in [-0.2, 0) is 6.54 Å². The Balaban J connectivity index is 2.77. The van der Waals surface area contributed by atoms with Gasteiger partial charge >= 0.3 is 0 Å². The van der Waals surface area contributed by atoms with Crippen LogP contribution in [0.15, 0.2) is 12.1 Å². The van der Waals surface area contributed by atoms with Gasteiger partial charge in [0.15, 0.2) is 11.5 Å². The first-order valence-electron chi connectivity index (χ1n) is 5.78. The van der Waals surface area contributed by atoms with Gasteiger partial charge in [0.05, 0.1) is 14.2 Å². The average Bonchev–Trinajstić information content (AvgIpc) is 2.37. The molecule has 1 aromatic carbocycles. The molecule has 18 heavy (non-hydrogen) atoms. The van der Waals surface area contributed by atoms with Crippen LogP contribution < -0.4 is 14.8 Å². The Kier molecular flexibility index (Phi) is 6.15. The Morgan fingerprint density at radius 3 is 2.28 bits per heavy atom. The number of benzene rings is 1. The maximum absolute atomic E-state index is 9.80. The first-order valence-corrected chi connectivity index (χ1v) is 7.18. The van der Waals surface area contributed by atoms with Crippen molar-refractivity contribution >= 4 is 11.8 Å². The Hall–Kier alpha value is -1.07. The van der Waals surface area contributed by atoms with E-state index in [1.54, 1.807) is 0 Å². The molecule has 1 rings (SSSR count). The molecule has 0 saturated carbocycles. The number of ether oxygens (including phenoxy) is 2. The summed E-state index contributed by atoms with van der Waals surface area (Å²) in [7, 11) is 3.06. The summed E-state index contributed by atoms with van der Waals surface area (Å²) in [5, 5.41) is 13.2. The van der Waals surface area contributed by atoms with E-state index in [1.807, 2.05) is 23.9 Å². The third-order valence-electron chi connectivity index (χ3n) is 2.61. The van der Waals surface area contributed by atoms with Crippen LogP contribution in [-0.4, -0.2) is 37.4 Å². The summed E-state index contributed by atoms with van der Waals surface area (Å²) in [6.45, 7) is 2.86. The summed E-state index contributed by atoms with van der Waals surface area (Å²) in [4.78, 5) is 0. The lowest BCUT2D eigenvalue weighted by Crippen LogP contribution is -2.27. The topological polar surface area (TPSA) is 50.7 Å². The molecule has 0 aliphatic heterocycles. The van der Waals surface area contributed by atoms with Crippen LogP contribution >= 0.6 is 11.8 Å². The SMILES string of the molecule is COc1cc(CNC(C)CSC)cc(OC)c1O. The van der Waals surface area contributed by atoms with E-state index in [9.17, 15) is 5.11 Å². The zero-order valence-corrected chi connectivity index (χ0v) is 12.1. The summed E-state index contributed by atoms with van der Waals surface area (Å²) in [6, 6.07) is 4.07. The van der Waals surface area contributed by atoms with Gasteiger partial charge in [-0.1, -0.05) is 0 Å². The van der Waals surface area contributed by atoms with Crippen molar-refractivity contribution in [3.63, 3.8) is 0 Å². The summed E-state index contributed by atoms with van der Waals surface area (Å²) < 4.78 is 10.2. The van der Waals surface area contributed by atoms with E-state index in [2.05, 4.69) is 18.5 Å². The Bertz CT molecular complexity index is 359. The summed E-state index contributed by atoms with van der Waals surface area (Å²) in [5.74, 6) is 1.97. The molecule has 0 spiro atoms. The van der Waals surface area contributed by atoms with Crippen LogP contribution in [0.1, 0.15) is 12.5 Å². The predicted octanol–water partition coefficient (Wildman–Crippen LogP) is 2.25. The van der Waals surface area contributed by atoms with Gasteiger partial charge in [0.1, 0.15) is 0 Å². The van der Waals surface area contributed by atoms with Crippen LogP contribution in [0.3, 0.4) is 0 Å². The van der Waals surface area contributed by atoms with E-state index in [4.69, 9.17) is 9.47 Å². The predicted molar refractivity (Wildman–Crippen MR) is 75.9 cm³/mol. The molecule has 0 bridgehead atoms. The van der Waals surface area contributed by atoms with Crippen molar-refractivity contribution in [1.82, 2.24) is 5.32 Å². The zero-order chi connectivity index (χ0) is 13.5. The van der Waals surface area contributed by atoms with E-state index in [0.29, 0.717) is 24.1 Å². The molecule has 0 radical (unpaired) electrons. The molecule has 0 heterocycles. The standard InChI is InChI=1S/C13H21NO3S/c1-9(8-18-4)14-7-10-5-11(16-2)13(15)12(6-10)17-3/h5-6,9,14-15H,7-8H2,1-4H3. The molecule has 0 saturated heterocycles. The Morgan fingerprint density at radius 1 is 1.28 bits per heavy atom. The number of thioether (sulfide) groups is 1. The number of nitrogens with one attached hydrogen (secondary N) is 1. The lowest BCUT2D eigenvalue weighted by molar-refractivity contribution is 0.339. The fourth-order valence-electron chi connectivity index (χ4n) is 1.65. The van der Waals surface area contributed by atoms with Crippen molar-refractivity contribution in [2.75, 3.05) is 26.2 Å². The molecule has 0 fully saturated rings. The van der Waals surface area contributed by atoms with Crippen LogP contribution in [0.4, 0.5) is 0 Å². The molecule has 2 N–H and O–H groups in total. The van der Waals surface area contributed by atoms with E-state index in [-0.39, 0.29) is 5.75 Å². The van der Waals surface area contributed by atoms with Gasteiger partial charge in [-0.2, -0.15) is 11.8 Å². The molecule has 4 nitrogen and oxygen atoms in total. The third kappa shape index (κ3) is 3.99. The fraction of sp³-hybridized carbons (Fsp3) is 0.538. The second-order valence-electron chi connectivity index (χ2n) is 4.09. The van der Waals surface area contributed by atoms with Crippen molar-refractivity contribution in [2.45, 2.75) is 19.5 Å². The lowest BCUT2D eigenvalue weighted by atomic mass is 10.1. The number of phenolic OH excluding ortho intramolecular Hbond substituents is 1. The number of hydrogen-bond donors (Lipinski definition) is 2. The quantitative estimate of drug-likeness (QED) is 0.796. The molecule has 1 atom stereocenters. The minimum atomic E-state index is 0.0425. The van der Waals surface area contributed by atoms with Crippen LogP contribution in [0.2, 0.25) is 0 Å². The van der Waals surface area contributed by atoms with Crippen molar-refractivity contribution in [1.29, 1.82) is 0 Å². The van der Waals surface area contributed by atoms with Gasteiger partial charge < -0.3 is 19.9 Å². The van der Waals surface area contributed by atoms with Gasteiger partial charge in [-0.15, -0.1) is 0 Å². The molecule has 0 aliphatic rings. The Morgan fingerprint density at radius 2 is 1.83 bits per heavy atom. The van der Waals surface area contributed by atoms with Crippen molar-refractivity contribution in [3.8, 4) is 17.2 Å². The maximum Gasteiger partial charge on any atom is 0.200 e. The normalized spacial score (nSPS) is 12.2. The van der Waals surface area contributed by atoms with Gasteiger partial charge in [0.25, 0.3) is 0 Å². The van der Waals surface area contributed by atoms with Gasteiger partial charge in [0, 0.05) is 18.3 Å². The van der Waals surface area contributed by atoms with E-state index >= 15 is 0 Å². The minimum absolute atomic E-state index is 0.0425. The van der Waals surface area contributed by atoms with Crippen molar-refractivity contribution < 1.29 is 14.6 Å². The largest absolute Gasteiger partial charge is 0.502 e. The number of rotatable bonds is 7. The van der Waals surface area contributed by atoms with Gasteiger partial charge in [-0.05, 0) is 30.9 Å². The average molecular weight is 271 g/mol. The Labute approximate surface area is 113 Å². The van der Waals surface area contributed by atoms with Crippen molar-refractivity contribution in [3.05, 3.63) is 17.7 Å². The summed E-state index contributed by atoms with van der Waals surface area (Å²) >= 11 is 1.81. The van der Waals surface area contributed by atoms with Crippen LogP contribution in [0.25, 0.3) is 0 Å². The van der Waals surface area contributed by atoms with Crippen LogP contribution in [0.5, 0.6) is 17.2 Å². The second kappa shape index (κ2) is 7.38. The van der Waals surface area contributed by atoms with E-state index in [1.165, 1.54) is 14.2 Å². The second-order valence-corrected chi connectivity index (χ2v) is 5.00. The number of hydrogen-bond acceptors (Lipinski definition) is 5. The highest BCUT2D eigenvalue weighted by atomic mass is 32.2. The highest BCUT2D eigenvalue weighted by Gasteiger charge is 2.11. The van der Waals surface area contributed by atoms with E-state index < -0.39 is 0 Å². The van der Waals surface area contributed by atoms with Crippen molar-refractivity contribution in [2.24, 2.45) is 0 Å². The van der Waals surface area contributed by atoms with Gasteiger partial charge in [-0.3, -0.25) is 0 Å². The molecule has 1 aromatic rings. The highest BCUT2D eigenvalue weighted by Crippen LogP contribution is 2.36. The molecule has 5 heteroatoms. The number of methoxy groups -OCH3 is 2. The molecular weight excluding hydrogens is 250 g/mol. The smallest absolute Gasteiger partial charge is 0.200 e. The first kappa shape index (κ1) is 15.0. The zero-order valence-electron chi connectivity index (χ0n) is 11.3. The fourth-order valence-corrected chi connectivity index (χ4v) is 2.27.